The fourth-order valence-electron chi connectivity index (χ4n) is 1.39. The summed E-state index contributed by atoms with van der Waals surface area (Å²) < 4.78 is 67.7. The first-order chi connectivity index (χ1) is 9.42. The first-order valence-corrected chi connectivity index (χ1v) is 6.81. The quantitative estimate of drug-likeness (QED) is 0.432. The molecule has 0 saturated carbocycles. The van der Waals surface area contributed by atoms with Crippen LogP contribution < -0.4 is 5.73 Å². The lowest BCUT2D eigenvalue weighted by atomic mass is 10.1. The summed E-state index contributed by atoms with van der Waals surface area (Å²) in [6, 6.07) is 3.15. The molecule has 0 bridgehead atoms. The van der Waals surface area contributed by atoms with Gasteiger partial charge in [0, 0.05) is 5.56 Å². The molecule has 0 heterocycles. The summed E-state index contributed by atoms with van der Waals surface area (Å²) >= 11 is 0. The Bertz CT molecular complexity index is 672. The molecule has 0 saturated heterocycles. The highest BCUT2D eigenvalue weighted by Crippen LogP contribution is 2.29. The first-order valence-electron chi connectivity index (χ1n) is 5.20. The van der Waals surface area contributed by atoms with Crippen LogP contribution >= 0.6 is 0 Å². The van der Waals surface area contributed by atoms with Crippen molar-refractivity contribution >= 4 is 22.0 Å². The van der Waals surface area contributed by atoms with Crippen LogP contribution in [0.2, 0.25) is 0 Å². The second-order valence-electron chi connectivity index (χ2n) is 3.91. The highest BCUT2D eigenvalue weighted by atomic mass is 32.2. The molecule has 7 nitrogen and oxygen atoms in total. The van der Waals surface area contributed by atoms with E-state index < -0.39 is 45.2 Å². The minimum Gasteiger partial charge on any atom is -0.370 e. The molecule has 0 fully saturated rings. The number of amides is 1. The molecule has 0 atom stereocenters. The molecule has 0 unspecified atom stereocenters. The van der Waals surface area contributed by atoms with Crippen LogP contribution in [0.1, 0.15) is 15.9 Å². The van der Waals surface area contributed by atoms with Crippen LogP contribution in [0, 0.1) is 5.41 Å². The maximum Gasteiger partial charge on any atom is 0.416 e. The normalized spacial score (nSPS) is 12.0. The van der Waals surface area contributed by atoms with E-state index >= 15 is 0 Å². The number of hydrogen-bond acceptors (Lipinski definition) is 4. The van der Waals surface area contributed by atoms with E-state index in [4.69, 9.17) is 15.7 Å². The van der Waals surface area contributed by atoms with Gasteiger partial charge in [-0.2, -0.15) is 21.6 Å². The van der Waals surface area contributed by atoms with E-state index in [-0.39, 0.29) is 4.90 Å². The zero-order valence-electron chi connectivity index (χ0n) is 10.3. The lowest BCUT2D eigenvalue weighted by Gasteiger charge is -2.19. The Balaban J connectivity index is 3.19. The fourth-order valence-corrected chi connectivity index (χ4v) is 1.97. The minimum absolute atomic E-state index is 0.130. The minimum atomic E-state index is -4.70. The molecule has 0 aliphatic rings. The summed E-state index contributed by atoms with van der Waals surface area (Å²) in [5.74, 6) is -3.63. The Labute approximate surface area is 117 Å². The summed E-state index contributed by atoms with van der Waals surface area (Å²) in [6.45, 7) is 0. The number of alkyl halides is 3. The Morgan fingerprint density at radius 1 is 1.38 bits per heavy atom. The van der Waals surface area contributed by atoms with Gasteiger partial charge in [-0.15, -0.1) is 0 Å². The van der Waals surface area contributed by atoms with Crippen molar-refractivity contribution < 1.29 is 30.9 Å². The molecule has 0 aliphatic carbocycles. The van der Waals surface area contributed by atoms with Gasteiger partial charge in [0.05, 0.1) is 5.56 Å². The zero-order valence-corrected chi connectivity index (χ0v) is 11.1. The van der Waals surface area contributed by atoms with Crippen molar-refractivity contribution in [1.29, 1.82) is 5.41 Å². The van der Waals surface area contributed by atoms with Crippen LogP contribution in [0.4, 0.5) is 13.2 Å². The molecule has 1 rings (SSSR count). The third-order valence-electron chi connectivity index (χ3n) is 2.27. The van der Waals surface area contributed by atoms with Gasteiger partial charge >= 0.3 is 6.18 Å². The average molecular weight is 325 g/mol. The molecule has 11 heteroatoms. The van der Waals surface area contributed by atoms with Gasteiger partial charge < -0.3 is 5.73 Å². The highest BCUT2D eigenvalue weighted by Gasteiger charge is 2.32. The van der Waals surface area contributed by atoms with E-state index in [2.05, 4.69) is 0 Å². The maximum absolute atomic E-state index is 12.5. The maximum atomic E-state index is 12.5. The third-order valence-corrected chi connectivity index (χ3v) is 2.85. The summed E-state index contributed by atoms with van der Waals surface area (Å²) in [5, 5.41) is 7.07. The van der Waals surface area contributed by atoms with Crippen LogP contribution in [0.25, 0.3) is 0 Å². The van der Waals surface area contributed by atoms with Crippen molar-refractivity contribution in [3.05, 3.63) is 35.4 Å². The number of carbonyl (C=O) groups excluding carboxylic acids is 1. The Hall–Kier alpha value is -2.14. The molecular formula is C10H10F3N3O4S. The van der Waals surface area contributed by atoms with E-state index in [9.17, 15) is 26.4 Å². The SMILES string of the molecule is N=C(N)N(CS(=O)(=O)O)C(=O)c1cccc(C(F)(F)F)c1. The van der Waals surface area contributed by atoms with E-state index in [1.807, 2.05) is 0 Å². The molecule has 0 aliphatic heterocycles. The van der Waals surface area contributed by atoms with E-state index in [1.54, 1.807) is 0 Å². The predicted molar refractivity (Wildman–Crippen MR) is 65.9 cm³/mol. The molecule has 0 spiro atoms. The van der Waals surface area contributed by atoms with E-state index in [1.165, 1.54) is 0 Å². The number of nitrogens with zero attached hydrogens (tertiary/aromatic N) is 1. The number of benzene rings is 1. The smallest absolute Gasteiger partial charge is 0.370 e. The van der Waals surface area contributed by atoms with E-state index in [0.29, 0.717) is 6.07 Å². The van der Waals surface area contributed by atoms with Crippen LogP contribution in [-0.2, 0) is 16.3 Å². The van der Waals surface area contributed by atoms with Gasteiger partial charge in [-0.25, -0.2) is 0 Å². The van der Waals surface area contributed by atoms with Crippen molar-refractivity contribution in [3.63, 3.8) is 0 Å². The Morgan fingerprint density at radius 3 is 2.38 bits per heavy atom. The highest BCUT2D eigenvalue weighted by molar-refractivity contribution is 7.85. The molecule has 116 valence electrons. The second-order valence-corrected chi connectivity index (χ2v) is 5.33. The number of nitrogens with one attached hydrogen (secondary N) is 1. The Morgan fingerprint density at radius 2 is 1.95 bits per heavy atom. The number of nitrogens with two attached hydrogens (primary N) is 1. The monoisotopic (exact) mass is 325 g/mol. The third kappa shape index (κ3) is 4.72. The molecule has 21 heavy (non-hydrogen) atoms. The van der Waals surface area contributed by atoms with Gasteiger partial charge in [0.25, 0.3) is 16.0 Å². The van der Waals surface area contributed by atoms with E-state index in [0.717, 1.165) is 18.2 Å². The van der Waals surface area contributed by atoms with Crippen LogP contribution in [0.3, 0.4) is 0 Å². The summed E-state index contributed by atoms with van der Waals surface area (Å²) in [6.07, 6.45) is -4.69. The second kappa shape index (κ2) is 5.69. The number of hydrogen-bond donors (Lipinski definition) is 3. The van der Waals surface area contributed by atoms with Crippen molar-refractivity contribution in [2.45, 2.75) is 6.18 Å². The van der Waals surface area contributed by atoms with Crippen molar-refractivity contribution in [1.82, 2.24) is 4.90 Å². The van der Waals surface area contributed by atoms with Crippen molar-refractivity contribution in [2.75, 3.05) is 5.88 Å². The molecule has 1 aromatic carbocycles. The van der Waals surface area contributed by atoms with Gasteiger partial charge in [0.15, 0.2) is 11.8 Å². The lowest BCUT2D eigenvalue weighted by Crippen LogP contribution is -2.44. The van der Waals surface area contributed by atoms with Crippen LogP contribution in [0.5, 0.6) is 0 Å². The van der Waals surface area contributed by atoms with Gasteiger partial charge in [-0.3, -0.25) is 19.7 Å². The Kier molecular flexibility index (Phi) is 4.59. The van der Waals surface area contributed by atoms with Crippen LogP contribution in [0.15, 0.2) is 24.3 Å². The average Bonchev–Trinajstić information content (AvgIpc) is 2.33. The molecule has 1 amide bonds. The predicted octanol–water partition coefficient (Wildman–Crippen LogP) is 0.886. The summed E-state index contributed by atoms with van der Waals surface area (Å²) in [5.41, 5.74) is 3.35. The molecule has 1 aromatic rings. The van der Waals surface area contributed by atoms with Crippen molar-refractivity contribution in [3.8, 4) is 0 Å². The summed E-state index contributed by atoms with van der Waals surface area (Å²) in [7, 11) is -4.70. The van der Waals surface area contributed by atoms with Gasteiger partial charge in [-0.05, 0) is 18.2 Å². The van der Waals surface area contributed by atoms with Gasteiger partial charge in [-0.1, -0.05) is 6.07 Å². The van der Waals surface area contributed by atoms with Gasteiger partial charge in [0.1, 0.15) is 0 Å². The van der Waals surface area contributed by atoms with Crippen molar-refractivity contribution in [2.24, 2.45) is 5.73 Å². The van der Waals surface area contributed by atoms with Gasteiger partial charge in [0.2, 0.25) is 0 Å². The molecule has 0 aromatic heterocycles. The molecule has 4 N–H and O–H groups in total. The zero-order chi connectivity index (χ0) is 16.4. The summed E-state index contributed by atoms with van der Waals surface area (Å²) in [4.78, 5) is 12.0. The topological polar surface area (TPSA) is 125 Å². The largest absolute Gasteiger partial charge is 0.416 e. The number of halogens is 3. The standard InChI is InChI=1S/C10H10F3N3O4S/c11-10(12,13)7-3-1-2-6(4-7)8(17)16(9(14)15)5-21(18,19)20/h1-4H,5H2,(H3,14,15)(H,18,19,20). The number of guanidine groups is 1. The first kappa shape index (κ1) is 16.9. The molecule has 0 radical (unpaired) electrons. The number of rotatable bonds is 3. The lowest BCUT2D eigenvalue weighted by molar-refractivity contribution is -0.137. The number of carbonyl (C=O) groups is 1. The fraction of sp³-hybridized carbons (Fsp3) is 0.200. The van der Waals surface area contributed by atoms with Crippen LogP contribution in [-0.4, -0.2) is 35.6 Å². The molecular weight excluding hydrogens is 315 g/mol.